The predicted octanol–water partition coefficient (Wildman–Crippen LogP) is 1.74. The van der Waals surface area contributed by atoms with Crippen LogP contribution in [0.2, 0.25) is 5.32 Å². The van der Waals surface area contributed by atoms with Crippen molar-refractivity contribution in [1.29, 1.82) is 0 Å². The van der Waals surface area contributed by atoms with Crippen molar-refractivity contribution < 1.29 is 5.11 Å². The van der Waals surface area contributed by atoms with Gasteiger partial charge in [-0.25, -0.2) is 0 Å². The molecule has 0 bridgehead atoms. The van der Waals surface area contributed by atoms with Crippen molar-refractivity contribution in [2.45, 2.75) is 36.6 Å². The molecule has 0 amide bonds. The van der Waals surface area contributed by atoms with Crippen LogP contribution in [0.1, 0.15) is 25.7 Å². The van der Waals surface area contributed by atoms with E-state index in [2.05, 4.69) is 24.3 Å². The fourth-order valence-electron chi connectivity index (χ4n) is 1.91. The second-order valence-electron chi connectivity index (χ2n) is 4.03. The van der Waals surface area contributed by atoms with Gasteiger partial charge in [0, 0.05) is 0 Å². The molecule has 0 atom stereocenters. The SMILES string of the molecule is OC1(C[Se]c2ccccc2)CCCC1. The third kappa shape index (κ3) is 2.60. The summed E-state index contributed by atoms with van der Waals surface area (Å²) in [5.74, 6) is 0. The van der Waals surface area contributed by atoms with Crippen LogP contribution >= 0.6 is 0 Å². The number of aliphatic hydroxyl groups is 1. The molecule has 0 spiro atoms. The van der Waals surface area contributed by atoms with Gasteiger partial charge in [-0.05, 0) is 0 Å². The van der Waals surface area contributed by atoms with Gasteiger partial charge in [0.25, 0.3) is 0 Å². The van der Waals surface area contributed by atoms with Gasteiger partial charge in [-0.1, -0.05) is 0 Å². The van der Waals surface area contributed by atoms with E-state index < -0.39 is 0 Å². The Balaban J connectivity index is 1.88. The van der Waals surface area contributed by atoms with Gasteiger partial charge in [-0.2, -0.15) is 0 Å². The van der Waals surface area contributed by atoms with E-state index in [9.17, 15) is 5.11 Å². The zero-order valence-corrected chi connectivity index (χ0v) is 9.99. The molecule has 76 valence electrons. The van der Waals surface area contributed by atoms with Crippen molar-refractivity contribution in [2.24, 2.45) is 0 Å². The van der Waals surface area contributed by atoms with Crippen LogP contribution in [-0.4, -0.2) is 25.7 Å². The zero-order valence-electron chi connectivity index (χ0n) is 8.28. The summed E-state index contributed by atoms with van der Waals surface area (Å²) in [5.41, 5.74) is -0.324. The summed E-state index contributed by atoms with van der Waals surface area (Å²) in [6.45, 7) is 0. The van der Waals surface area contributed by atoms with Crippen molar-refractivity contribution in [3.8, 4) is 0 Å². The Hall–Kier alpha value is -0.301. The van der Waals surface area contributed by atoms with Crippen molar-refractivity contribution in [1.82, 2.24) is 0 Å². The minimum atomic E-state index is -0.324. The molecule has 0 radical (unpaired) electrons. The second kappa shape index (κ2) is 4.48. The number of hydrogen-bond donors (Lipinski definition) is 1. The van der Waals surface area contributed by atoms with Crippen LogP contribution in [0.25, 0.3) is 0 Å². The van der Waals surface area contributed by atoms with Gasteiger partial charge in [-0.15, -0.1) is 0 Å². The molecule has 2 rings (SSSR count). The molecule has 1 saturated carbocycles. The topological polar surface area (TPSA) is 20.2 Å². The summed E-state index contributed by atoms with van der Waals surface area (Å²) in [6.07, 6.45) is 4.45. The molecule has 0 heterocycles. The molecular formula is C12H16OSe. The molecule has 1 nitrogen and oxygen atoms in total. The van der Waals surface area contributed by atoms with E-state index in [4.69, 9.17) is 0 Å². The molecule has 1 aromatic carbocycles. The Morgan fingerprint density at radius 1 is 1.14 bits per heavy atom. The maximum absolute atomic E-state index is 10.2. The van der Waals surface area contributed by atoms with Gasteiger partial charge >= 0.3 is 91.5 Å². The van der Waals surface area contributed by atoms with Crippen LogP contribution in [0.5, 0.6) is 0 Å². The fraction of sp³-hybridized carbons (Fsp3) is 0.500. The average Bonchev–Trinajstić information content (AvgIpc) is 2.65. The van der Waals surface area contributed by atoms with Crippen LogP contribution in [0.4, 0.5) is 0 Å². The molecule has 1 aromatic rings. The van der Waals surface area contributed by atoms with E-state index in [-0.39, 0.29) is 5.60 Å². The Morgan fingerprint density at radius 2 is 1.79 bits per heavy atom. The zero-order chi connectivity index (χ0) is 9.86. The van der Waals surface area contributed by atoms with E-state index in [1.165, 1.54) is 17.3 Å². The second-order valence-corrected chi connectivity index (χ2v) is 6.23. The first kappa shape index (κ1) is 10.2. The summed E-state index contributed by atoms with van der Waals surface area (Å²) in [6, 6.07) is 10.5. The van der Waals surface area contributed by atoms with Gasteiger partial charge in [0.1, 0.15) is 0 Å². The van der Waals surface area contributed by atoms with Crippen molar-refractivity contribution in [3.05, 3.63) is 30.3 Å². The van der Waals surface area contributed by atoms with Gasteiger partial charge in [-0.3, -0.25) is 0 Å². The molecular weight excluding hydrogens is 239 g/mol. The van der Waals surface area contributed by atoms with Crippen LogP contribution < -0.4 is 4.46 Å². The summed E-state index contributed by atoms with van der Waals surface area (Å²) in [5, 5.41) is 11.2. The van der Waals surface area contributed by atoms with E-state index in [1.807, 2.05) is 6.07 Å². The predicted molar refractivity (Wildman–Crippen MR) is 60.1 cm³/mol. The number of benzene rings is 1. The van der Waals surface area contributed by atoms with Crippen molar-refractivity contribution in [2.75, 3.05) is 0 Å². The molecule has 1 fully saturated rings. The van der Waals surface area contributed by atoms with E-state index in [1.54, 1.807) is 0 Å². The molecule has 1 aliphatic rings. The standard InChI is InChI=1S/C12H16OSe/c13-12(8-4-5-9-12)10-14-11-6-2-1-3-7-11/h1-3,6-7,13H,4-5,8-10H2. The van der Waals surface area contributed by atoms with E-state index >= 15 is 0 Å². The molecule has 0 unspecified atom stereocenters. The molecule has 1 aliphatic carbocycles. The van der Waals surface area contributed by atoms with Crippen LogP contribution in [0.3, 0.4) is 0 Å². The maximum atomic E-state index is 10.2. The first-order valence-corrected chi connectivity index (χ1v) is 7.26. The van der Waals surface area contributed by atoms with Crippen LogP contribution in [0.15, 0.2) is 30.3 Å². The average molecular weight is 255 g/mol. The van der Waals surface area contributed by atoms with Crippen molar-refractivity contribution >= 4 is 19.4 Å². The normalized spacial score (nSPS) is 19.8. The van der Waals surface area contributed by atoms with Gasteiger partial charge in [0.15, 0.2) is 0 Å². The molecule has 2 heteroatoms. The quantitative estimate of drug-likeness (QED) is 0.816. The monoisotopic (exact) mass is 256 g/mol. The molecule has 1 N–H and O–H groups in total. The molecule has 0 aromatic heterocycles. The molecule has 14 heavy (non-hydrogen) atoms. The summed E-state index contributed by atoms with van der Waals surface area (Å²) < 4.78 is 1.40. The molecule has 0 saturated heterocycles. The van der Waals surface area contributed by atoms with Gasteiger partial charge in [0.05, 0.1) is 0 Å². The first-order chi connectivity index (χ1) is 6.79. The first-order valence-electron chi connectivity index (χ1n) is 5.19. The summed E-state index contributed by atoms with van der Waals surface area (Å²) >= 11 is 0.445. The Morgan fingerprint density at radius 3 is 2.43 bits per heavy atom. The van der Waals surface area contributed by atoms with Gasteiger partial charge in [0.2, 0.25) is 0 Å². The summed E-state index contributed by atoms with van der Waals surface area (Å²) in [7, 11) is 0. The third-order valence-electron chi connectivity index (χ3n) is 2.78. The van der Waals surface area contributed by atoms with E-state index in [0.29, 0.717) is 15.0 Å². The third-order valence-corrected chi connectivity index (χ3v) is 5.49. The summed E-state index contributed by atoms with van der Waals surface area (Å²) in [4.78, 5) is 0. The number of hydrogen-bond acceptors (Lipinski definition) is 1. The number of rotatable bonds is 3. The van der Waals surface area contributed by atoms with Crippen LogP contribution in [0, 0.1) is 0 Å². The Kier molecular flexibility index (Phi) is 3.27. The fourth-order valence-corrected chi connectivity index (χ4v) is 4.16. The van der Waals surface area contributed by atoms with Crippen molar-refractivity contribution in [3.63, 3.8) is 0 Å². The van der Waals surface area contributed by atoms with Gasteiger partial charge < -0.3 is 0 Å². The Bertz CT molecular complexity index is 278. The Labute approximate surface area is 91.7 Å². The minimum absolute atomic E-state index is 0.324. The molecule has 0 aliphatic heterocycles. The van der Waals surface area contributed by atoms with E-state index in [0.717, 1.165) is 18.2 Å². The van der Waals surface area contributed by atoms with Crippen LogP contribution in [-0.2, 0) is 0 Å².